The van der Waals surface area contributed by atoms with Gasteiger partial charge >= 0.3 is 0 Å². The normalized spacial score (nSPS) is 13.3. The van der Waals surface area contributed by atoms with Crippen LogP contribution >= 0.6 is 0 Å². The predicted octanol–water partition coefficient (Wildman–Crippen LogP) is 5.03. The molecule has 0 saturated carbocycles. The zero-order valence-electron chi connectivity index (χ0n) is 18.4. The van der Waals surface area contributed by atoms with E-state index in [-0.39, 0.29) is 24.3 Å². The summed E-state index contributed by atoms with van der Waals surface area (Å²) in [5.41, 5.74) is 3.51. The van der Waals surface area contributed by atoms with E-state index < -0.39 is 11.7 Å². The number of ketones is 1. The van der Waals surface area contributed by atoms with Gasteiger partial charge < -0.3 is 9.88 Å². The lowest BCUT2D eigenvalue weighted by molar-refractivity contribution is -0.116. The highest BCUT2D eigenvalue weighted by Gasteiger charge is 2.18. The Morgan fingerprint density at radius 1 is 1.00 bits per heavy atom. The zero-order valence-corrected chi connectivity index (χ0v) is 18.4. The second kappa shape index (κ2) is 9.42. The molecule has 0 radical (unpaired) electrons. The Balaban J connectivity index is 1.44. The van der Waals surface area contributed by atoms with Crippen molar-refractivity contribution in [3.8, 4) is 11.4 Å². The van der Waals surface area contributed by atoms with Gasteiger partial charge in [-0.25, -0.2) is 4.39 Å². The van der Waals surface area contributed by atoms with Gasteiger partial charge in [0.15, 0.2) is 11.6 Å². The number of anilines is 1. The number of nitrogens with zero attached hydrogens (tertiary/aromatic N) is 3. The average Bonchev–Trinajstić information content (AvgIpc) is 3.03. The molecule has 0 aliphatic carbocycles. The van der Waals surface area contributed by atoms with E-state index in [0.717, 1.165) is 49.2 Å². The first kappa shape index (κ1) is 21.9. The quantitative estimate of drug-likeness (QED) is 0.552. The number of Topliss-reactive ketones (excluding diaryl/α,β-unsaturated/α-hetero) is 1. The Hall–Kier alpha value is -3.35. The molecule has 0 fully saturated rings. The lowest BCUT2D eigenvalue weighted by Crippen LogP contribution is -2.14. The molecule has 1 aliphatic rings. The van der Waals surface area contributed by atoms with Gasteiger partial charge in [0.05, 0.1) is 5.69 Å². The van der Waals surface area contributed by atoms with Crippen LogP contribution in [0, 0.1) is 19.7 Å². The van der Waals surface area contributed by atoms with E-state index in [0.29, 0.717) is 17.0 Å². The molecule has 3 aromatic rings. The summed E-state index contributed by atoms with van der Waals surface area (Å²) in [6, 6.07) is 10.1. The molecule has 1 aliphatic heterocycles. The van der Waals surface area contributed by atoms with Gasteiger partial charge in [0.2, 0.25) is 5.91 Å². The van der Waals surface area contributed by atoms with Gasteiger partial charge in [0.1, 0.15) is 11.6 Å². The van der Waals surface area contributed by atoms with Gasteiger partial charge in [0, 0.05) is 36.9 Å². The summed E-state index contributed by atoms with van der Waals surface area (Å²) in [6.07, 6.45) is 4.21. The molecular formula is C25H27FN4O2. The van der Waals surface area contributed by atoms with Crippen molar-refractivity contribution in [2.45, 2.75) is 58.9 Å². The smallest absolute Gasteiger partial charge is 0.224 e. The largest absolute Gasteiger partial charge is 0.324 e. The maximum absolute atomic E-state index is 14.4. The standard InChI is InChI=1S/C25H27FN4O2/c1-16-7-8-18(14-17(16)2)22(31)11-12-24(32)27-21-15-19(9-10-20(21)26)25-29-28-23-6-4-3-5-13-30(23)25/h7-10,14-15H,3-6,11-13H2,1-2H3,(H,27,32). The maximum Gasteiger partial charge on any atom is 0.224 e. The molecule has 2 heterocycles. The van der Waals surface area contributed by atoms with Crippen LogP contribution in [0.25, 0.3) is 11.4 Å². The van der Waals surface area contributed by atoms with E-state index in [1.807, 2.05) is 26.0 Å². The van der Waals surface area contributed by atoms with Crippen LogP contribution in [0.5, 0.6) is 0 Å². The minimum Gasteiger partial charge on any atom is -0.324 e. The molecule has 166 valence electrons. The highest BCUT2D eigenvalue weighted by atomic mass is 19.1. The van der Waals surface area contributed by atoms with Crippen molar-refractivity contribution in [3.63, 3.8) is 0 Å². The van der Waals surface area contributed by atoms with Crippen LogP contribution in [0.15, 0.2) is 36.4 Å². The van der Waals surface area contributed by atoms with Gasteiger partial charge in [-0.05, 0) is 62.1 Å². The summed E-state index contributed by atoms with van der Waals surface area (Å²) in [5, 5.41) is 11.2. The minimum atomic E-state index is -0.529. The van der Waals surface area contributed by atoms with Gasteiger partial charge in [0.25, 0.3) is 0 Å². The van der Waals surface area contributed by atoms with Crippen molar-refractivity contribution in [1.29, 1.82) is 0 Å². The summed E-state index contributed by atoms with van der Waals surface area (Å²) in [6.45, 7) is 4.76. The lowest BCUT2D eigenvalue weighted by atomic mass is 10.0. The van der Waals surface area contributed by atoms with Gasteiger partial charge in [-0.1, -0.05) is 18.6 Å². The van der Waals surface area contributed by atoms with Crippen LogP contribution in [-0.2, 0) is 17.8 Å². The summed E-state index contributed by atoms with van der Waals surface area (Å²) in [7, 11) is 0. The molecule has 4 rings (SSSR count). The topological polar surface area (TPSA) is 76.9 Å². The third-order valence-corrected chi connectivity index (χ3v) is 6.02. The molecule has 0 unspecified atom stereocenters. The average molecular weight is 435 g/mol. The molecule has 32 heavy (non-hydrogen) atoms. The number of amides is 1. The Kier molecular flexibility index (Phi) is 6.44. The monoisotopic (exact) mass is 434 g/mol. The second-order valence-corrected chi connectivity index (χ2v) is 8.37. The van der Waals surface area contributed by atoms with Crippen molar-refractivity contribution < 1.29 is 14.0 Å². The molecule has 1 amide bonds. The Bertz CT molecular complexity index is 1170. The first-order chi connectivity index (χ1) is 15.4. The molecular weight excluding hydrogens is 407 g/mol. The minimum absolute atomic E-state index is 0.0181. The summed E-state index contributed by atoms with van der Waals surface area (Å²) >= 11 is 0. The second-order valence-electron chi connectivity index (χ2n) is 8.37. The van der Waals surface area contributed by atoms with Crippen molar-refractivity contribution in [2.75, 3.05) is 5.32 Å². The highest BCUT2D eigenvalue weighted by Crippen LogP contribution is 2.27. The fourth-order valence-electron chi connectivity index (χ4n) is 3.96. The third-order valence-electron chi connectivity index (χ3n) is 6.02. The van der Waals surface area contributed by atoms with E-state index in [1.165, 1.54) is 6.07 Å². The summed E-state index contributed by atoms with van der Waals surface area (Å²) in [5.74, 6) is 0.583. The number of rotatable bonds is 6. The maximum atomic E-state index is 14.4. The molecule has 0 saturated heterocycles. The zero-order chi connectivity index (χ0) is 22.7. The van der Waals surface area contributed by atoms with Gasteiger partial charge in [-0.3, -0.25) is 9.59 Å². The number of fused-ring (bicyclic) bond motifs is 1. The first-order valence-electron chi connectivity index (χ1n) is 11.0. The Morgan fingerprint density at radius 2 is 1.84 bits per heavy atom. The van der Waals surface area contributed by atoms with Crippen LogP contribution in [0.4, 0.5) is 10.1 Å². The fourth-order valence-corrected chi connectivity index (χ4v) is 3.96. The SMILES string of the molecule is Cc1ccc(C(=O)CCC(=O)Nc2cc(-c3nnc4n3CCCCC4)ccc2F)cc1C. The number of aryl methyl sites for hydroxylation is 3. The number of hydrogen-bond donors (Lipinski definition) is 1. The van der Waals surface area contributed by atoms with E-state index in [4.69, 9.17) is 0 Å². The first-order valence-corrected chi connectivity index (χ1v) is 11.0. The van der Waals surface area contributed by atoms with E-state index in [2.05, 4.69) is 20.1 Å². The molecule has 2 aromatic carbocycles. The van der Waals surface area contributed by atoms with Crippen LogP contribution in [-0.4, -0.2) is 26.5 Å². The van der Waals surface area contributed by atoms with E-state index >= 15 is 0 Å². The molecule has 0 atom stereocenters. The lowest BCUT2D eigenvalue weighted by Gasteiger charge is -2.10. The van der Waals surface area contributed by atoms with E-state index in [1.54, 1.807) is 18.2 Å². The van der Waals surface area contributed by atoms with Gasteiger partial charge in [-0.2, -0.15) is 0 Å². The summed E-state index contributed by atoms with van der Waals surface area (Å²) in [4.78, 5) is 24.9. The van der Waals surface area contributed by atoms with Crippen LogP contribution in [0.1, 0.15) is 59.4 Å². The molecule has 0 bridgehead atoms. The molecule has 6 nitrogen and oxygen atoms in total. The predicted molar refractivity (Wildman–Crippen MR) is 121 cm³/mol. The van der Waals surface area contributed by atoms with Crippen molar-refractivity contribution in [3.05, 3.63) is 64.7 Å². The van der Waals surface area contributed by atoms with E-state index in [9.17, 15) is 14.0 Å². The number of carbonyl (C=O) groups is 2. The number of carbonyl (C=O) groups excluding carboxylic acids is 2. The fraction of sp³-hybridized carbons (Fsp3) is 0.360. The Labute approximate surface area is 186 Å². The van der Waals surface area contributed by atoms with Crippen LogP contribution in [0.3, 0.4) is 0 Å². The molecule has 0 spiro atoms. The number of aromatic nitrogens is 3. The van der Waals surface area contributed by atoms with Crippen molar-refractivity contribution in [1.82, 2.24) is 14.8 Å². The number of halogens is 1. The van der Waals surface area contributed by atoms with Crippen molar-refractivity contribution in [2.24, 2.45) is 0 Å². The molecule has 1 N–H and O–H groups in total. The summed E-state index contributed by atoms with van der Waals surface area (Å²) < 4.78 is 16.5. The van der Waals surface area contributed by atoms with Crippen molar-refractivity contribution >= 4 is 17.4 Å². The third kappa shape index (κ3) is 4.77. The Morgan fingerprint density at radius 3 is 2.66 bits per heavy atom. The van der Waals surface area contributed by atoms with Gasteiger partial charge in [-0.15, -0.1) is 10.2 Å². The van der Waals surface area contributed by atoms with Crippen LogP contribution in [0.2, 0.25) is 0 Å². The van der Waals surface area contributed by atoms with Crippen LogP contribution < -0.4 is 5.32 Å². The number of benzene rings is 2. The number of hydrogen-bond acceptors (Lipinski definition) is 4. The highest BCUT2D eigenvalue weighted by molar-refractivity contribution is 6.00. The molecule has 1 aromatic heterocycles. The number of nitrogens with one attached hydrogen (secondary N) is 1. The molecule has 7 heteroatoms.